The molecule has 1 amide bonds. The first-order valence-electron chi connectivity index (χ1n) is 12.1. The highest BCUT2D eigenvalue weighted by atomic mass is 19.1. The number of rotatable bonds is 10. The quantitative estimate of drug-likeness (QED) is 0.357. The van der Waals surface area contributed by atoms with Gasteiger partial charge in [-0.15, -0.1) is 5.10 Å². The Hall–Kier alpha value is -3.66. The normalized spacial score (nSPS) is 13.7. The topological polar surface area (TPSA) is 122 Å². The average Bonchev–Trinajstić information content (AvgIpc) is 3.26. The van der Waals surface area contributed by atoms with Crippen molar-refractivity contribution >= 4 is 17.6 Å². The van der Waals surface area contributed by atoms with Gasteiger partial charge >= 0.3 is 5.97 Å². The van der Waals surface area contributed by atoms with Crippen LogP contribution in [0, 0.1) is 11.2 Å². The number of aliphatic carboxylic acids is 1. The van der Waals surface area contributed by atoms with Crippen LogP contribution in [0.3, 0.4) is 0 Å². The summed E-state index contributed by atoms with van der Waals surface area (Å²) in [5.74, 6) is -1.09. The first-order chi connectivity index (χ1) is 17.2. The molecule has 1 aromatic heterocycles. The van der Waals surface area contributed by atoms with Gasteiger partial charge in [0.2, 0.25) is 5.91 Å². The molecule has 2 unspecified atom stereocenters. The number of amides is 1. The van der Waals surface area contributed by atoms with Crippen molar-refractivity contribution < 1.29 is 19.1 Å². The third-order valence-electron chi connectivity index (χ3n) is 5.87. The van der Waals surface area contributed by atoms with E-state index in [-0.39, 0.29) is 17.7 Å². The van der Waals surface area contributed by atoms with E-state index in [0.29, 0.717) is 17.1 Å². The van der Waals surface area contributed by atoms with Gasteiger partial charge < -0.3 is 10.4 Å². The lowest BCUT2D eigenvalue weighted by atomic mass is 9.81. The van der Waals surface area contributed by atoms with E-state index >= 15 is 0 Å². The summed E-state index contributed by atoms with van der Waals surface area (Å²) in [7, 11) is 0. The molecule has 3 rings (SSSR count). The third-order valence-corrected chi connectivity index (χ3v) is 5.87. The summed E-state index contributed by atoms with van der Waals surface area (Å²) in [6.07, 6.45) is 0.543. The lowest BCUT2D eigenvalue weighted by Gasteiger charge is -2.34. The smallest absolute Gasteiger partial charge is 0.305 e. The van der Waals surface area contributed by atoms with Gasteiger partial charge in [-0.05, 0) is 71.5 Å². The second kappa shape index (κ2) is 11.2. The van der Waals surface area contributed by atoms with Gasteiger partial charge in [-0.3, -0.25) is 14.9 Å². The second-order valence-electron chi connectivity index (χ2n) is 11.1. The SMILES string of the molecule is CC(=O)Nc1ccc(C(NC(CC(=O)O)c2ccc(F)cc2)c2nnnn2C(C)(C)CC(C)(C)C)cc1. The molecule has 9 nitrogen and oxygen atoms in total. The molecule has 2 atom stereocenters. The van der Waals surface area contributed by atoms with E-state index in [4.69, 9.17) is 0 Å². The summed E-state index contributed by atoms with van der Waals surface area (Å²) in [4.78, 5) is 23.3. The van der Waals surface area contributed by atoms with Gasteiger partial charge in [-0.25, -0.2) is 9.07 Å². The van der Waals surface area contributed by atoms with Crippen molar-refractivity contribution in [3.05, 3.63) is 71.3 Å². The predicted octanol–water partition coefficient (Wildman–Crippen LogP) is 4.84. The largest absolute Gasteiger partial charge is 0.481 e. The maximum atomic E-state index is 13.6. The molecule has 0 aliphatic heterocycles. The molecule has 0 bridgehead atoms. The van der Waals surface area contributed by atoms with E-state index in [2.05, 4.69) is 60.8 Å². The van der Waals surface area contributed by atoms with E-state index in [1.807, 2.05) is 12.1 Å². The number of benzene rings is 2. The molecule has 0 saturated heterocycles. The van der Waals surface area contributed by atoms with E-state index in [9.17, 15) is 19.1 Å². The van der Waals surface area contributed by atoms with Gasteiger partial charge in [0, 0.05) is 18.7 Å². The third kappa shape index (κ3) is 7.66. The number of hydrogen-bond acceptors (Lipinski definition) is 6. The molecule has 3 N–H and O–H groups in total. The number of carboxylic acid groups (broad SMARTS) is 1. The summed E-state index contributed by atoms with van der Waals surface area (Å²) in [6, 6.07) is 11.7. The molecular weight excluding hydrogens is 475 g/mol. The predicted molar refractivity (Wildman–Crippen MR) is 138 cm³/mol. The zero-order chi connectivity index (χ0) is 27.4. The molecule has 3 aromatic rings. The number of halogens is 1. The van der Waals surface area contributed by atoms with Gasteiger partial charge in [0.05, 0.1) is 18.0 Å². The van der Waals surface area contributed by atoms with Crippen LogP contribution in [-0.4, -0.2) is 37.2 Å². The molecule has 0 saturated carbocycles. The Morgan fingerprint density at radius 1 is 1.00 bits per heavy atom. The van der Waals surface area contributed by atoms with Crippen molar-refractivity contribution in [2.75, 3.05) is 5.32 Å². The van der Waals surface area contributed by atoms with Crippen LogP contribution in [0.25, 0.3) is 0 Å². The Labute approximate surface area is 216 Å². The summed E-state index contributed by atoms with van der Waals surface area (Å²) >= 11 is 0. The van der Waals surface area contributed by atoms with Crippen LogP contribution in [0.2, 0.25) is 0 Å². The lowest BCUT2D eigenvalue weighted by Crippen LogP contribution is -2.38. The van der Waals surface area contributed by atoms with Crippen LogP contribution in [0.4, 0.5) is 10.1 Å². The van der Waals surface area contributed by atoms with Crippen LogP contribution in [0.1, 0.15) is 83.4 Å². The standard InChI is InChI=1S/C27H35FN6O3/c1-17(35)29-21-13-9-19(10-14-21)24(25-31-32-33-34(25)27(5,6)16-26(2,3)4)30-22(15-23(36)37)18-7-11-20(28)12-8-18/h7-14,22,24,30H,15-16H2,1-6H3,(H,29,35)(H,36,37). The summed E-state index contributed by atoms with van der Waals surface area (Å²) < 4.78 is 15.4. The molecule has 2 aromatic carbocycles. The molecule has 0 aliphatic carbocycles. The second-order valence-corrected chi connectivity index (χ2v) is 11.1. The lowest BCUT2D eigenvalue weighted by molar-refractivity contribution is -0.137. The summed E-state index contributed by atoms with van der Waals surface area (Å²) in [5, 5.41) is 28.5. The van der Waals surface area contributed by atoms with Crippen LogP contribution in [0.15, 0.2) is 48.5 Å². The molecule has 0 radical (unpaired) electrons. The Balaban J connectivity index is 2.09. The molecule has 37 heavy (non-hydrogen) atoms. The monoisotopic (exact) mass is 510 g/mol. The minimum atomic E-state index is -1.01. The molecule has 0 fully saturated rings. The number of hydrogen-bond donors (Lipinski definition) is 3. The van der Waals surface area contributed by atoms with Gasteiger partial charge in [0.1, 0.15) is 5.82 Å². The van der Waals surface area contributed by atoms with E-state index in [0.717, 1.165) is 12.0 Å². The molecule has 0 spiro atoms. The molecule has 0 aliphatic rings. The van der Waals surface area contributed by atoms with Gasteiger partial charge in [0.15, 0.2) is 5.82 Å². The number of carboxylic acids is 1. The maximum Gasteiger partial charge on any atom is 0.305 e. The number of nitrogens with zero attached hydrogens (tertiary/aromatic N) is 4. The zero-order valence-corrected chi connectivity index (χ0v) is 22.1. The molecule has 1 heterocycles. The van der Waals surface area contributed by atoms with E-state index < -0.39 is 29.4 Å². The van der Waals surface area contributed by atoms with Crippen LogP contribution in [-0.2, 0) is 15.1 Å². The first-order valence-corrected chi connectivity index (χ1v) is 12.1. The van der Waals surface area contributed by atoms with Crippen molar-refractivity contribution in [2.45, 2.75) is 72.0 Å². The van der Waals surface area contributed by atoms with Crippen molar-refractivity contribution in [1.82, 2.24) is 25.5 Å². The van der Waals surface area contributed by atoms with Crippen molar-refractivity contribution in [3.63, 3.8) is 0 Å². The number of aromatic nitrogens is 4. The van der Waals surface area contributed by atoms with Crippen molar-refractivity contribution in [1.29, 1.82) is 0 Å². The minimum Gasteiger partial charge on any atom is -0.481 e. The Morgan fingerprint density at radius 2 is 1.59 bits per heavy atom. The number of carbonyl (C=O) groups is 2. The van der Waals surface area contributed by atoms with Crippen LogP contribution >= 0.6 is 0 Å². The summed E-state index contributed by atoms with van der Waals surface area (Å²) in [5.41, 5.74) is 1.56. The molecule has 198 valence electrons. The average molecular weight is 511 g/mol. The Kier molecular flexibility index (Phi) is 8.42. The minimum absolute atomic E-state index is 0.00436. The Morgan fingerprint density at radius 3 is 2.14 bits per heavy atom. The van der Waals surface area contributed by atoms with Crippen LogP contribution in [0.5, 0.6) is 0 Å². The van der Waals surface area contributed by atoms with E-state index in [1.54, 1.807) is 28.9 Å². The fourth-order valence-electron chi connectivity index (χ4n) is 4.80. The number of anilines is 1. The first kappa shape index (κ1) is 27.9. The fraction of sp³-hybridized carbons (Fsp3) is 0.444. The van der Waals surface area contributed by atoms with E-state index in [1.165, 1.54) is 19.1 Å². The summed E-state index contributed by atoms with van der Waals surface area (Å²) in [6.45, 7) is 12.0. The van der Waals surface area contributed by atoms with Crippen LogP contribution < -0.4 is 10.6 Å². The van der Waals surface area contributed by atoms with Crippen molar-refractivity contribution in [3.8, 4) is 0 Å². The highest BCUT2D eigenvalue weighted by molar-refractivity contribution is 5.88. The highest BCUT2D eigenvalue weighted by Gasteiger charge is 2.34. The van der Waals surface area contributed by atoms with Gasteiger partial charge in [-0.2, -0.15) is 0 Å². The number of nitrogens with one attached hydrogen (secondary N) is 2. The van der Waals surface area contributed by atoms with Gasteiger partial charge in [-0.1, -0.05) is 45.0 Å². The maximum absolute atomic E-state index is 13.6. The fourth-order valence-corrected chi connectivity index (χ4v) is 4.80. The highest BCUT2D eigenvalue weighted by Crippen LogP contribution is 2.35. The van der Waals surface area contributed by atoms with Crippen molar-refractivity contribution in [2.24, 2.45) is 5.41 Å². The number of carbonyl (C=O) groups excluding carboxylic acids is 1. The van der Waals surface area contributed by atoms with Gasteiger partial charge in [0.25, 0.3) is 0 Å². The molecule has 10 heteroatoms. The number of tetrazole rings is 1. The molecular formula is C27H35FN6O3. The Bertz CT molecular complexity index is 1220. The zero-order valence-electron chi connectivity index (χ0n) is 22.1.